The fraction of sp³-hybridized carbons (Fsp3) is 0.500. The average Bonchev–Trinajstić information content (AvgIpc) is 2.09. The summed E-state index contributed by atoms with van der Waals surface area (Å²) in [6, 6.07) is 1.79. The molecule has 4 heteroatoms. The van der Waals surface area contributed by atoms with Crippen molar-refractivity contribution < 1.29 is 4.74 Å². The maximum Gasteiger partial charge on any atom is 0.139 e. The van der Waals surface area contributed by atoms with Crippen LogP contribution in [0.3, 0.4) is 0 Å². The standard InChI is InChI=1S/C10H13ClN2O/c11-9-3-10(7-13-6-9)14-2-1-8-4-12-5-8/h3,6-8,12H,1-2,4-5H2. The quantitative estimate of drug-likeness (QED) is 0.826. The van der Waals surface area contributed by atoms with Crippen LogP contribution in [0, 0.1) is 5.92 Å². The molecule has 0 saturated carbocycles. The van der Waals surface area contributed by atoms with E-state index in [1.165, 1.54) is 0 Å². The highest BCUT2D eigenvalue weighted by Crippen LogP contribution is 2.16. The topological polar surface area (TPSA) is 34.1 Å². The predicted octanol–water partition coefficient (Wildman–Crippen LogP) is 1.72. The lowest BCUT2D eigenvalue weighted by Crippen LogP contribution is -2.42. The Morgan fingerprint density at radius 1 is 1.50 bits per heavy atom. The van der Waals surface area contributed by atoms with Gasteiger partial charge in [0, 0.05) is 12.3 Å². The molecule has 0 amide bonds. The molecule has 0 radical (unpaired) electrons. The minimum absolute atomic E-state index is 0.618. The summed E-state index contributed by atoms with van der Waals surface area (Å²) in [5, 5.41) is 3.85. The number of nitrogens with zero attached hydrogens (tertiary/aromatic N) is 1. The van der Waals surface area contributed by atoms with Gasteiger partial charge < -0.3 is 10.1 Å². The van der Waals surface area contributed by atoms with Crippen LogP contribution in [0.15, 0.2) is 18.5 Å². The van der Waals surface area contributed by atoms with Crippen LogP contribution in [0.4, 0.5) is 0 Å². The normalized spacial score (nSPS) is 16.4. The molecule has 0 spiro atoms. The van der Waals surface area contributed by atoms with E-state index >= 15 is 0 Å². The SMILES string of the molecule is Clc1cncc(OCCC2CNC2)c1. The number of rotatable bonds is 4. The highest BCUT2D eigenvalue weighted by molar-refractivity contribution is 6.30. The van der Waals surface area contributed by atoms with Crippen molar-refractivity contribution in [1.29, 1.82) is 0 Å². The molecule has 1 aliphatic rings. The van der Waals surface area contributed by atoms with Crippen LogP contribution in [0.25, 0.3) is 0 Å². The molecule has 1 fully saturated rings. The van der Waals surface area contributed by atoms with E-state index in [9.17, 15) is 0 Å². The molecule has 1 saturated heterocycles. The molecule has 0 unspecified atom stereocenters. The summed E-state index contributed by atoms with van der Waals surface area (Å²) in [6.07, 6.45) is 4.38. The molecule has 0 bridgehead atoms. The molecule has 0 aromatic carbocycles. The Kier molecular flexibility index (Phi) is 3.22. The second-order valence-corrected chi connectivity index (χ2v) is 3.94. The van der Waals surface area contributed by atoms with E-state index in [1.54, 1.807) is 18.5 Å². The van der Waals surface area contributed by atoms with Gasteiger partial charge in [0.2, 0.25) is 0 Å². The number of ether oxygens (including phenoxy) is 1. The van der Waals surface area contributed by atoms with E-state index in [4.69, 9.17) is 16.3 Å². The molecule has 2 rings (SSSR count). The van der Waals surface area contributed by atoms with E-state index in [0.29, 0.717) is 5.02 Å². The molecular weight excluding hydrogens is 200 g/mol. The Balaban J connectivity index is 1.74. The van der Waals surface area contributed by atoms with E-state index in [0.717, 1.165) is 37.8 Å². The van der Waals surface area contributed by atoms with Crippen LogP contribution in [-0.2, 0) is 0 Å². The summed E-state index contributed by atoms with van der Waals surface area (Å²) in [5.41, 5.74) is 0. The van der Waals surface area contributed by atoms with E-state index in [-0.39, 0.29) is 0 Å². The molecule has 0 atom stereocenters. The fourth-order valence-corrected chi connectivity index (χ4v) is 1.53. The Labute approximate surface area is 88.4 Å². The molecule has 1 aromatic rings. The number of hydrogen-bond donors (Lipinski definition) is 1. The Morgan fingerprint density at radius 2 is 2.36 bits per heavy atom. The fourth-order valence-electron chi connectivity index (χ4n) is 1.37. The first kappa shape index (κ1) is 9.74. The zero-order chi connectivity index (χ0) is 9.80. The number of pyridine rings is 1. The van der Waals surface area contributed by atoms with Crippen molar-refractivity contribution in [2.24, 2.45) is 5.92 Å². The number of hydrogen-bond acceptors (Lipinski definition) is 3. The molecule has 1 N–H and O–H groups in total. The number of aromatic nitrogens is 1. The van der Waals surface area contributed by atoms with Crippen LogP contribution in [0.2, 0.25) is 5.02 Å². The first-order valence-corrected chi connectivity index (χ1v) is 5.16. The third kappa shape index (κ3) is 2.59. The van der Waals surface area contributed by atoms with Gasteiger partial charge >= 0.3 is 0 Å². The van der Waals surface area contributed by atoms with Gasteiger partial charge in [-0.1, -0.05) is 11.6 Å². The summed E-state index contributed by atoms with van der Waals surface area (Å²) < 4.78 is 5.52. The summed E-state index contributed by atoms with van der Waals surface area (Å²) >= 11 is 5.77. The van der Waals surface area contributed by atoms with Crippen molar-refractivity contribution in [2.45, 2.75) is 6.42 Å². The third-order valence-corrected chi connectivity index (χ3v) is 2.55. The second-order valence-electron chi connectivity index (χ2n) is 3.50. The minimum Gasteiger partial charge on any atom is -0.492 e. The van der Waals surface area contributed by atoms with Gasteiger partial charge in [0.1, 0.15) is 5.75 Å². The summed E-state index contributed by atoms with van der Waals surface area (Å²) in [5.74, 6) is 1.53. The predicted molar refractivity (Wildman–Crippen MR) is 55.7 cm³/mol. The van der Waals surface area contributed by atoms with Gasteiger partial charge in [-0.15, -0.1) is 0 Å². The van der Waals surface area contributed by atoms with Gasteiger partial charge in [-0.05, 0) is 25.4 Å². The van der Waals surface area contributed by atoms with Crippen molar-refractivity contribution in [3.05, 3.63) is 23.5 Å². The van der Waals surface area contributed by atoms with Crippen molar-refractivity contribution in [3.8, 4) is 5.75 Å². The van der Waals surface area contributed by atoms with E-state index in [1.807, 2.05) is 0 Å². The smallest absolute Gasteiger partial charge is 0.139 e. The zero-order valence-electron chi connectivity index (χ0n) is 7.87. The second kappa shape index (κ2) is 4.62. The van der Waals surface area contributed by atoms with Gasteiger partial charge in [0.25, 0.3) is 0 Å². The minimum atomic E-state index is 0.618. The lowest BCUT2D eigenvalue weighted by atomic mass is 10.0. The average molecular weight is 213 g/mol. The van der Waals surface area contributed by atoms with Gasteiger partial charge in [0.15, 0.2) is 0 Å². The van der Waals surface area contributed by atoms with E-state index < -0.39 is 0 Å². The molecular formula is C10H13ClN2O. The molecule has 14 heavy (non-hydrogen) atoms. The van der Waals surface area contributed by atoms with Crippen LogP contribution in [0.5, 0.6) is 5.75 Å². The van der Waals surface area contributed by atoms with Gasteiger partial charge in [-0.3, -0.25) is 4.98 Å². The Bertz CT molecular complexity index is 302. The molecule has 2 heterocycles. The summed E-state index contributed by atoms with van der Waals surface area (Å²) in [4.78, 5) is 3.95. The van der Waals surface area contributed by atoms with Gasteiger partial charge in [0.05, 0.1) is 17.8 Å². The summed E-state index contributed by atoms with van der Waals surface area (Å²) in [7, 11) is 0. The van der Waals surface area contributed by atoms with Gasteiger partial charge in [-0.2, -0.15) is 0 Å². The third-order valence-electron chi connectivity index (χ3n) is 2.34. The Morgan fingerprint density at radius 3 is 3.00 bits per heavy atom. The molecule has 1 aliphatic heterocycles. The van der Waals surface area contributed by atoms with Crippen LogP contribution in [0.1, 0.15) is 6.42 Å². The highest BCUT2D eigenvalue weighted by Gasteiger charge is 2.15. The van der Waals surface area contributed by atoms with Crippen molar-refractivity contribution in [1.82, 2.24) is 10.3 Å². The maximum absolute atomic E-state index is 5.77. The molecule has 0 aliphatic carbocycles. The lowest BCUT2D eigenvalue weighted by Gasteiger charge is -2.26. The highest BCUT2D eigenvalue weighted by atomic mass is 35.5. The lowest BCUT2D eigenvalue weighted by molar-refractivity contribution is 0.238. The Hall–Kier alpha value is -0.800. The largest absolute Gasteiger partial charge is 0.492 e. The number of halogens is 1. The van der Waals surface area contributed by atoms with Crippen LogP contribution >= 0.6 is 11.6 Å². The molecule has 1 aromatic heterocycles. The van der Waals surface area contributed by atoms with E-state index in [2.05, 4.69) is 10.3 Å². The zero-order valence-corrected chi connectivity index (χ0v) is 8.63. The maximum atomic E-state index is 5.77. The summed E-state index contributed by atoms with van der Waals surface area (Å²) in [6.45, 7) is 2.99. The van der Waals surface area contributed by atoms with Crippen molar-refractivity contribution in [2.75, 3.05) is 19.7 Å². The molecule has 76 valence electrons. The monoisotopic (exact) mass is 212 g/mol. The van der Waals surface area contributed by atoms with Crippen LogP contribution in [-0.4, -0.2) is 24.7 Å². The van der Waals surface area contributed by atoms with Crippen LogP contribution < -0.4 is 10.1 Å². The van der Waals surface area contributed by atoms with Crippen molar-refractivity contribution >= 4 is 11.6 Å². The molecule has 3 nitrogen and oxygen atoms in total. The first-order chi connectivity index (χ1) is 6.84. The van der Waals surface area contributed by atoms with Gasteiger partial charge in [-0.25, -0.2) is 0 Å². The first-order valence-electron chi connectivity index (χ1n) is 4.78. The van der Waals surface area contributed by atoms with Crippen molar-refractivity contribution in [3.63, 3.8) is 0 Å². The number of nitrogens with one attached hydrogen (secondary N) is 1.